The van der Waals surface area contributed by atoms with Crippen LogP contribution in [0.3, 0.4) is 0 Å². The molecule has 0 saturated carbocycles. The van der Waals surface area contributed by atoms with Gasteiger partial charge in [-0.15, -0.1) is 11.3 Å². The Labute approximate surface area is 96.1 Å². The van der Waals surface area contributed by atoms with Crippen LogP contribution in [-0.4, -0.2) is 0 Å². The van der Waals surface area contributed by atoms with E-state index >= 15 is 0 Å². The Bertz CT molecular complexity index is 443. The monoisotopic (exact) mass is 302 g/mol. The summed E-state index contributed by atoms with van der Waals surface area (Å²) in [6.45, 7) is 4.45. The second kappa shape index (κ2) is 3.58. The fourth-order valence-corrected chi connectivity index (χ4v) is 3.58. The summed E-state index contributed by atoms with van der Waals surface area (Å²) in [5, 5.41) is 1.45. The maximum Gasteiger partial charge on any atom is 0.0358 e. The van der Waals surface area contributed by atoms with Crippen LogP contribution in [0.15, 0.2) is 18.2 Å². The molecule has 2 aromatic rings. The summed E-state index contributed by atoms with van der Waals surface area (Å²) in [6.07, 6.45) is 1.15. The van der Waals surface area contributed by atoms with Gasteiger partial charge < -0.3 is 0 Å². The summed E-state index contributed by atoms with van der Waals surface area (Å²) in [7, 11) is 0. The number of aryl methyl sites for hydroxylation is 2. The first kappa shape index (κ1) is 9.46. The van der Waals surface area contributed by atoms with E-state index in [0.29, 0.717) is 0 Å². The third kappa shape index (κ3) is 1.62. The highest BCUT2D eigenvalue weighted by atomic mass is 127. The van der Waals surface area contributed by atoms with Crippen molar-refractivity contribution in [2.45, 2.75) is 20.3 Å². The minimum absolute atomic E-state index is 1.15. The van der Waals surface area contributed by atoms with Crippen LogP contribution in [0.25, 0.3) is 10.1 Å². The summed E-state index contributed by atoms with van der Waals surface area (Å²) >= 11 is 4.28. The van der Waals surface area contributed by atoms with Crippen molar-refractivity contribution in [3.05, 3.63) is 32.2 Å². The van der Waals surface area contributed by atoms with Gasteiger partial charge in [-0.2, -0.15) is 0 Å². The molecule has 2 heteroatoms. The lowest BCUT2D eigenvalue weighted by Crippen LogP contribution is -1.79. The van der Waals surface area contributed by atoms with Crippen LogP contribution < -0.4 is 0 Å². The van der Waals surface area contributed by atoms with Crippen molar-refractivity contribution in [2.24, 2.45) is 0 Å². The highest BCUT2D eigenvalue weighted by molar-refractivity contribution is 14.1. The fourth-order valence-electron chi connectivity index (χ4n) is 1.69. The number of halogens is 1. The van der Waals surface area contributed by atoms with Gasteiger partial charge in [0.2, 0.25) is 0 Å². The molecule has 0 bridgehead atoms. The standard InChI is InChI=1S/C11H11IS/c1-3-9-7(2)13-11-6-8(12)4-5-10(9)11/h4-6H,3H2,1-2H3. The molecule has 1 aromatic carbocycles. The van der Waals surface area contributed by atoms with Gasteiger partial charge in [0, 0.05) is 13.1 Å². The second-order valence-corrected chi connectivity index (χ2v) is 5.63. The molecule has 0 aliphatic carbocycles. The van der Waals surface area contributed by atoms with Crippen molar-refractivity contribution >= 4 is 44.0 Å². The first-order valence-corrected chi connectivity index (χ1v) is 6.29. The van der Waals surface area contributed by atoms with Crippen LogP contribution in [0.2, 0.25) is 0 Å². The smallest absolute Gasteiger partial charge is 0.0358 e. The molecular weight excluding hydrogens is 291 g/mol. The highest BCUT2D eigenvalue weighted by Crippen LogP contribution is 2.31. The summed E-state index contributed by atoms with van der Waals surface area (Å²) in [5.41, 5.74) is 1.52. The van der Waals surface area contributed by atoms with Gasteiger partial charge in [-0.1, -0.05) is 13.0 Å². The van der Waals surface area contributed by atoms with Crippen LogP contribution in [0.4, 0.5) is 0 Å². The molecule has 68 valence electrons. The maximum absolute atomic E-state index is 2.37. The molecule has 13 heavy (non-hydrogen) atoms. The van der Waals surface area contributed by atoms with Gasteiger partial charge in [-0.05, 0) is 59.0 Å². The molecule has 0 N–H and O–H groups in total. The van der Waals surface area contributed by atoms with E-state index in [1.165, 1.54) is 24.1 Å². The second-order valence-electron chi connectivity index (χ2n) is 3.13. The maximum atomic E-state index is 2.37. The molecule has 0 saturated heterocycles. The third-order valence-corrected chi connectivity index (χ3v) is 4.09. The van der Waals surface area contributed by atoms with Crippen molar-refractivity contribution in [2.75, 3.05) is 0 Å². The fraction of sp³-hybridized carbons (Fsp3) is 0.273. The van der Waals surface area contributed by atoms with Crippen molar-refractivity contribution in [1.82, 2.24) is 0 Å². The zero-order valence-electron chi connectivity index (χ0n) is 7.73. The van der Waals surface area contributed by atoms with Crippen molar-refractivity contribution in [3.8, 4) is 0 Å². The molecule has 0 nitrogen and oxygen atoms in total. The highest BCUT2D eigenvalue weighted by Gasteiger charge is 2.06. The van der Waals surface area contributed by atoms with Gasteiger partial charge in [0.25, 0.3) is 0 Å². The Morgan fingerprint density at radius 3 is 2.85 bits per heavy atom. The quantitative estimate of drug-likeness (QED) is 0.686. The van der Waals surface area contributed by atoms with Crippen molar-refractivity contribution in [1.29, 1.82) is 0 Å². The third-order valence-electron chi connectivity index (χ3n) is 2.31. The van der Waals surface area contributed by atoms with Gasteiger partial charge >= 0.3 is 0 Å². The van der Waals surface area contributed by atoms with E-state index in [1.807, 2.05) is 11.3 Å². The molecule has 0 aliphatic heterocycles. The van der Waals surface area contributed by atoms with E-state index in [1.54, 1.807) is 0 Å². The van der Waals surface area contributed by atoms with Gasteiger partial charge in [0.15, 0.2) is 0 Å². The Hall–Kier alpha value is -0.0900. The molecule has 0 spiro atoms. The number of rotatable bonds is 1. The number of hydrogen-bond acceptors (Lipinski definition) is 1. The molecule has 0 fully saturated rings. The Morgan fingerprint density at radius 1 is 1.38 bits per heavy atom. The number of fused-ring (bicyclic) bond motifs is 1. The lowest BCUT2D eigenvalue weighted by Gasteiger charge is -1.95. The molecule has 1 aromatic heterocycles. The molecule has 0 amide bonds. The summed E-state index contributed by atoms with van der Waals surface area (Å²) < 4.78 is 2.76. The molecule has 0 atom stereocenters. The van der Waals surface area contributed by atoms with Gasteiger partial charge in [-0.25, -0.2) is 0 Å². The molecular formula is C11H11IS. The average Bonchev–Trinajstić information content (AvgIpc) is 2.39. The number of thiophene rings is 1. The van der Waals surface area contributed by atoms with E-state index in [4.69, 9.17) is 0 Å². The summed E-state index contributed by atoms with van der Waals surface area (Å²) in [4.78, 5) is 1.47. The van der Waals surface area contributed by atoms with E-state index in [-0.39, 0.29) is 0 Å². The molecule has 0 unspecified atom stereocenters. The van der Waals surface area contributed by atoms with Crippen LogP contribution >= 0.6 is 33.9 Å². The normalized spacial score (nSPS) is 11.0. The van der Waals surface area contributed by atoms with Crippen LogP contribution in [0.1, 0.15) is 17.4 Å². The predicted octanol–water partition coefficient (Wildman–Crippen LogP) is 4.38. The number of benzene rings is 1. The minimum Gasteiger partial charge on any atom is -0.140 e. The lowest BCUT2D eigenvalue weighted by molar-refractivity contribution is 1.15. The molecule has 0 aliphatic rings. The topological polar surface area (TPSA) is 0 Å². The average molecular weight is 302 g/mol. The Balaban J connectivity index is 2.79. The first-order valence-electron chi connectivity index (χ1n) is 4.40. The number of hydrogen-bond donors (Lipinski definition) is 0. The molecule has 0 radical (unpaired) electrons. The van der Waals surface area contributed by atoms with E-state index in [2.05, 4.69) is 54.6 Å². The van der Waals surface area contributed by atoms with Crippen molar-refractivity contribution < 1.29 is 0 Å². The minimum atomic E-state index is 1.15. The lowest BCUT2D eigenvalue weighted by atomic mass is 10.1. The SMILES string of the molecule is CCc1c(C)sc2cc(I)ccc12. The van der Waals surface area contributed by atoms with E-state index in [9.17, 15) is 0 Å². The van der Waals surface area contributed by atoms with Gasteiger partial charge in [-0.3, -0.25) is 0 Å². The van der Waals surface area contributed by atoms with Crippen molar-refractivity contribution in [3.63, 3.8) is 0 Å². The Kier molecular flexibility index (Phi) is 2.60. The van der Waals surface area contributed by atoms with E-state index in [0.717, 1.165) is 6.42 Å². The predicted molar refractivity (Wildman–Crippen MR) is 68.7 cm³/mol. The zero-order valence-corrected chi connectivity index (χ0v) is 10.7. The summed E-state index contributed by atoms with van der Waals surface area (Å²) in [6, 6.07) is 6.71. The zero-order chi connectivity index (χ0) is 9.42. The molecule has 2 rings (SSSR count). The summed E-state index contributed by atoms with van der Waals surface area (Å²) in [5.74, 6) is 0. The van der Waals surface area contributed by atoms with Crippen LogP contribution in [0, 0.1) is 10.5 Å². The van der Waals surface area contributed by atoms with Gasteiger partial charge in [0.1, 0.15) is 0 Å². The van der Waals surface area contributed by atoms with Crippen LogP contribution in [-0.2, 0) is 6.42 Å². The van der Waals surface area contributed by atoms with E-state index < -0.39 is 0 Å². The first-order chi connectivity index (χ1) is 6.22. The van der Waals surface area contributed by atoms with Crippen LogP contribution in [0.5, 0.6) is 0 Å². The largest absolute Gasteiger partial charge is 0.140 e. The Morgan fingerprint density at radius 2 is 2.15 bits per heavy atom. The molecule has 1 heterocycles. The van der Waals surface area contributed by atoms with Gasteiger partial charge in [0.05, 0.1) is 0 Å².